The number of rotatable bonds is 0. The fourth-order valence-electron chi connectivity index (χ4n) is 0.883. The molecule has 1 heterocycles. The molecule has 0 spiro atoms. The Balaban J connectivity index is 3.25. The summed E-state index contributed by atoms with van der Waals surface area (Å²) >= 11 is 0. The standard InChI is InChI=1S/C7H13N3O/c1-5-8-6(11)10(9-5)7(2,3)4/h1-4H3,(H,8,9,11). The highest BCUT2D eigenvalue weighted by Gasteiger charge is 2.16. The third-order valence-corrected chi connectivity index (χ3v) is 1.37. The van der Waals surface area contributed by atoms with Crippen molar-refractivity contribution < 1.29 is 0 Å². The Bertz CT molecular complexity index is 302. The van der Waals surface area contributed by atoms with Crippen LogP contribution in [0.5, 0.6) is 0 Å². The smallest absolute Gasteiger partial charge is 0.293 e. The van der Waals surface area contributed by atoms with Gasteiger partial charge in [0.2, 0.25) is 0 Å². The molecule has 11 heavy (non-hydrogen) atoms. The molecule has 0 amide bonds. The lowest BCUT2D eigenvalue weighted by atomic mass is 10.1. The van der Waals surface area contributed by atoms with Gasteiger partial charge in [0.25, 0.3) is 0 Å². The van der Waals surface area contributed by atoms with Crippen molar-refractivity contribution in [3.05, 3.63) is 16.3 Å². The second-order valence-electron chi connectivity index (χ2n) is 3.60. The fourth-order valence-corrected chi connectivity index (χ4v) is 0.883. The van der Waals surface area contributed by atoms with Gasteiger partial charge in [0.15, 0.2) is 0 Å². The lowest BCUT2D eigenvalue weighted by Gasteiger charge is -2.16. The molecule has 0 aliphatic rings. The van der Waals surface area contributed by atoms with Crippen LogP contribution in [0.1, 0.15) is 26.6 Å². The van der Waals surface area contributed by atoms with E-state index in [1.54, 1.807) is 6.92 Å². The molecule has 0 unspecified atom stereocenters. The summed E-state index contributed by atoms with van der Waals surface area (Å²) in [6, 6.07) is 0. The van der Waals surface area contributed by atoms with E-state index in [0.717, 1.165) is 0 Å². The van der Waals surface area contributed by atoms with Crippen LogP contribution in [-0.2, 0) is 5.54 Å². The first-order chi connectivity index (χ1) is 4.91. The lowest BCUT2D eigenvalue weighted by molar-refractivity contribution is 0.342. The van der Waals surface area contributed by atoms with Crippen LogP contribution in [0.4, 0.5) is 0 Å². The topological polar surface area (TPSA) is 50.7 Å². The molecule has 62 valence electrons. The molecular formula is C7H13N3O. The second-order valence-corrected chi connectivity index (χ2v) is 3.60. The van der Waals surface area contributed by atoms with Crippen LogP contribution in [-0.4, -0.2) is 14.8 Å². The molecule has 0 saturated carbocycles. The Morgan fingerprint density at radius 3 is 2.18 bits per heavy atom. The zero-order valence-corrected chi connectivity index (χ0v) is 7.30. The molecule has 4 nitrogen and oxygen atoms in total. The third-order valence-electron chi connectivity index (χ3n) is 1.37. The molecule has 0 radical (unpaired) electrons. The van der Waals surface area contributed by atoms with E-state index in [1.165, 1.54) is 4.68 Å². The van der Waals surface area contributed by atoms with Gasteiger partial charge in [-0.25, -0.2) is 9.48 Å². The zero-order chi connectivity index (χ0) is 8.65. The highest BCUT2D eigenvalue weighted by Crippen LogP contribution is 2.07. The average Bonchev–Trinajstić information content (AvgIpc) is 2.08. The van der Waals surface area contributed by atoms with E-state index >= 15 is 0 Å². The maximum Gasteiger partial charge on any atom is 0.343 e. The lowest BCUT2D eigenvalue weighted by Crippen LogP contribution is -2.33. The van der Waals surface area contributed by atoms with Crippen molar-refractivity contribution in [3.8, 4) is 0 Å². The van der Waals surface area contributed by atoms with E-state index in [-0.39, 0.29) is 11.2 Å². The number of nitrogens with zero attached hydrogens (tertiary/aromatic N) is 2. The number of hydrogen-bond acceptors (Lipinski definition) is 2. The summed E-state index contributed by atoms with van der Waals surface area (Å²) in [5.41, 5.74) is -0.378. The van der Waals surface area contributed by atoms with E-state index in [4.69, 9.17) is 0 Å². The molecule has 0 aliphatic heterocycles. The summed E-state index contributed by atoms with van der Waals surface area (Å²) in [7, 11) is 0. The summed E-state index contributed by atoms with van der Waals surface area (Å²) in [4.78, 5) is 13.7. The molecule has 0 saturated heterocycles. The number of nitrogens with one attached hydrogen (secondary N) is 1. The minimum absolute atomic E-state index is 0.144. The van der Waals surface area contributed by atoms with Crippen LogP contribution in [0.3, 0.4) is 0 Å². The van der Waals surface area contributed by atoms with Gasteiger partial charge in [0, 0.05) is 0 Å². The van der Waals surface area contributed by atoms with Crippen molar-refractivity contribution in [3.63, 3.8) is 0 Å². The largest absolute Gasteiger partial charge is 0.343 e. The minimum Gasteiger partial charge on any atom is -0.293 e. The van der Waals surface area contributed by atoms with Crippen LogP contribution in [0.25, 0.3) is 0 Å². The predicted octanol–water partition coefficient (Wildman–Crippen LogP) is 0.635. The van der Waals surface area contributed by atoms with Crippen molar-refractivity contribution in [2.24, 2.45) is 0 Å². The van der Waals surface area contributed by atoms with Crippen molar-refractivity contribution in [2.75, 3.05) is 0 Å². The predicted molar refractivity (Wildman–Crippen MR) is 42.6 cm³/mol. The van der Waals surface area contributed by atoms with Gasteiger partial charge in [-0.15, -0.1) is 0 Å². The summed E-state index contributed by atoms with van der Waals surface area (Å²) in [6.07, 6.45) is 0. The maximum absolute atomic E-state index is 11.1. The second kappa shape index (κ2) is 2.22. The molecule has 1 aromatic rings. The summed E-state index contributed by atoms with van der Waals surface area (Å²) in [5, 5.41) is 4.03. The van der Waals surface area contributed by atoms with Crippen molar-refractivity contribution >= 4 is 0 Å². The molecule has 1 aromatic heterocycles. The van der Waals surface area contributed by atoms with Crippen molar-refractivity contribution in [1.29, 1.82) is 0 Å². The quantitative estimate of drug-likeness (QED) is 0.597. The summed E-state index contributed by atoms with van der Waals surface area (Å²) in [6.45, 7) is 7.59. The minimum atomic E-state index is -0.234. The van der Waals surface area contributed by atoms with Gasteiger partial charge < -0.3 is 0 Å². The summed E-state index contributed by atoms with van der Waals surface area (Å²) in [5.74, 6) is 0.657. The van der Waals surface area contributed by atoms with Gasteiger partial charge in [-0.2, -0.15) is 5.10 Å². The van der Waals surface area contributed by atoms with Gasteiger partial charge in [-0.05, 0) is 27.7 Å². The number of hydrogen-bond donors (Lipinski definition) is 1. The molecule has 0 atom stereocenters. The number of aryl methyl sites for hydroxylation is 1. The first-order valence-corrected chi connectivity index (χ1v) is 3.57. The highest BCUT2D eigenvalue weighted by atomic mass is 16.2. The van der Waals surface area contributed by atoms with E-state index in [2.05, 4.69) is 10.1 Å². The van der Waals surface area contributed by atoms with Gasteiger partial charge in [-0.3, -0.25) is 4.98 Å². The van der Waals surface area contributed by atoms with Crippen molar-refractivity contribution in [1.82, 2.24) is 14.8 Å². The van der Waals surface area contributed by atoms with Gasteiger partial charge in [0.1, 0.15) is 5.82 Å². The fraction of sp³-hybridized carbons (Fsp3) is 0.714. The average molecular weight is 155 g/mol. The Kier molecular flexibility index (Phi) is 1.62. The third kappa shape index (κ3) is 1.50. The molecule has 0 aliphatic carbocycles. The van der Waals surface area contributed by atoms with Crippen LogP contribution < -0.4 is 5.69 Å². The molecule has 4 heteroatoms. The molecule has 1 N–H and O–H groups in total. The summed E-state index contributed by atoms with van der Waals surface area (Å²) < 4.78 is 1.45. The van der Waals surface area contributed by atoms with Crippen LogP contribution in [0.15, 0.2) is 4.79 Å². The van der Waals surface area contributed by atoms with Gasteiger partial charge >= 0.3 is 5.69 Å². The van der Waals surface area contributed by atoms with Crippen LogP contribution >= 0.6 is 0 Å². The first kappa shape index (κ1) is 8.04. The Labute approximate surface area is 65.2 Å². The highest BCUT2D eigenvalue weighted by molar-refractivity contribution is 4.81. The normalized spacial score (nSPS) is 12.0. The maximum atomic E-state index is 11.1. The van der Waals surface area contributed by atoms with Crippen LogP contribution in [0.2, 0.25) is 0 Å². The SMILES string of the molecule is Cc1nn(C(C)(C)C)c(=O)[nH]1. The van der Waals surface area contributed by atoms with E-state index in [1.807, 2.05) is 20.8 Å². The molecular weight excluding hydrogens is 142 g/mol. The Hall–Kier alpha value is -1.06. The first-order valence-electron chi connectivity index (χ1n) is 3.57. The van der Waals surface area contributed by atoms with Crippen LogP contribution in [0, 0.1) is 6.92 Å². The van der Waals surface area contributed by atoms with Crippen molar-refractivity contribution in [2.45, 2.75) is 33.2 Å². The van der Waals surface area contributed by atoms with Gasteiger partial charge in [0.05, 0.1) is 5.54 Å². The molecule has 1 rings (SSSR count). The monoisotopic (exact) mass is 155 g/mol. The number of aromatic nitrogens is 3. The number of H-pyrrole nitrogens is 1. The van der Waals surface area contributed by atoms with E-state index in [9.17, 15) is 4.79 Å². The molecule has 0 aromatic carbocycles. The van der Waals surface area contributed by atoms with E-state index in [0.29, 0.717) is 5.82 Å². The Morgan fingerprint density at radius 1 is 1.45 bits per heavy atom. The zero-order valence-electron chi connectivity index (χ0n) is 7.30. The van der Waals surface area contributed by atoms with Gasteiger partial charge in [-0.1, -0.05) is 0 Å². The number of aromatic amines is 1. The molecule has 0 fully saturated rings. The van der Waals surface area contributed by atoms with E-state index < -0.39 is 0 Å². The Morgan fingerprint density at radius 2 is 2.00 bits per heavy atom. The molecule has 0 bridgehead atoms.